The van der Waals surface area contributed by atoms with Crippen molar-refractivity contribution in [2.75, 3.05) is 10.6 Å². The predicted molar refractivity (Wildman–Crippen MR) is 93.4 cm³/mol. The molecule has 2 aromatic heterocycles. The van der Waals surface area contributed by atoms with Crippen LogP contribution in [0.2, 0.25) is 0 Å². The fourth-order valence-electron chi connectivity index (χ4n) is 2.33. The lowest BCUT2D eigenvalue weighted by molar-refractivity contribution is 0.262. The second kappa shape index (κ2) is 6.09. The molecule has 2 amide bonds. The summed E-state index contributed by atoms with van der Waals surface area (Å²) in [4.78, 5) is 17.4. The van der Waals surface area contributed by atoms with Crippen LogP contribution in [-0.4, -0.2) is 16.2 Å². The summed E-state index contributed by atoms with van der Waals surface area (Å²) in [6, 6.07) is 9.15. The highest BCUT2D eigenvalue weighted by Gasteiger charge is 2.29. The average Bonchev–Trinajstić information content (AvgIpc) is 3.12. The van der Waals surface area contributed by atoms with Crippen molar-refractivity contribution in [3.8, 4) is 10.8 Å². The van der Waals surface area contributed by atoms with E-state index in [4.69, 9.17) is 4.52 Å². The van der Waals surface area contributed by atoms with Crippen LogP contribution in [0.4, 0.5) is 16.2 Å². The third-order valence-electron chi connectivity index (χ3n) is 3.80. The van der Waals surface area contributed by atoms with Gasteiger partial charge in [-0.15, -0.1) is 11.3 Å². The van der Waals surface area contributed by atoms with E-state index < -0.39 is 0 Å². The molecule has 1 aliphatic carbocycles. The fourth-order valence-corrected chi connectivity index (χ4v) is 3.10. The molecule has 3 aromatic rings. The van der Waals surface area contributed by atoms with Gasteiger partial charge in [-0.2, -0.15) is 4.98 Å². The Labute approximate surface area is 142 Å². The Morgan fingerprint density at radius 1 is 1.21 bits per heavy atom. The van der Waals surface area contributed by atoms with E-state index in [0.717, 1.165) is 34.8 Å². The van der Waals surface area contributed by atoms with Crippen molar-refractivity contribution in [2.45, 2.75) is 25.7 Å². The van der Waals surface area contributed by atoms with Crippen LogP contribution in [0.15, 0.2) is 40.2 Å². The lowest BCUT2D eigenvalue weighted by Crippen LogP contribution is -2.19. The molecule has 0 spiro atoms. The topological polar surface area (TPSA) is 80.0 Å². The molecule has 1 aliphatic rings. The Kier molecular flexibility index (Phi) is 3.78. The number of aromatic nitrogens is 2. The van der Waals surface area contributed by atoms with Gasteiger partial charge < -0.3 is 15.2 Å². The van der Waals surface area contributed by atoms with Gasteiger partial charge in [-0.05, 0) is 43.3 Å². The number of urea groups is 1. The van der Waals surface area contributed by atoms with Crippen molar-refractivity contribution in [2.24, 2.45) is 0 Å². The van der Waals surface area contributed by atoms with Crippen LogP contribution in [0, 0.1) is 6.92 Å². The molecule has 122 valence electrons. The predicted octanol–water partition coefficient (Wildman–Crippen LogP) is 4.63. The number of anilines is 2. The molecular weight excluding hydrogens is 324 g/mol. The Hall–Kier alpha value is -2.67. The molecule has 2 N–H and O–H groups in total. The van der Waals surface area contributed by atoms with Gasteiger partial charge in [0.2, 0.25) is 0 Å². The zero-order chi connectivity index (χ0) is 16.5. The first-order valence-corrected chi connectivity index (χ1v) is 8.63. The van der Waals surface area contributed by atoms with E-state index in [-0.39, 0.29) is 6.03 Å². The number of nitrogens with one attached hydrogen (secondary N) is 2. The van der Waals surface area contributed by atoms with Crippen LogP contribution in [0.5, 0.6) is 0 Å². The molecule has 0 unspecified atom stereocenters. The minimum absolute atomic E-state index is 0.305. The number of hydrogen-bond acceptors (Lipinski definition) is 5. The molecule has 4 rings (SSSR count). The molecular formula is C17H16N4O2S. The molecule has 0 aliphatic heterocycles. The summed E-state index contributed by atoms with van der Waals surface area (Å²) in [5.41, 5.74) is 2.54. The maximum absolute atomic E-state index is 12.2. The molecule has 7 heteroatoms. The Balaban J connectivity index is 1.47. The van der Waals surface area contributed by atoms with Gasteiger partial charge in [-0.1, -0.05) is 22.9 Å². The van der Waals surface area contributed by atoms with Gasteiger partial charge >= 0.3 is 6.03 Å². The van der Waals surface area contributed by atoms with E-state index in [2.05, 4.69) is 20.8 Å². The van der Waals surface area contributed by atoms with Crippen molar-refractivity contribution < 1.29 is 9.32 Å². The van der Waals surface area contributed by atoms with Gasteiger partial charge in [0.05, 0.1) is 5.69 Å². The van der Waals surface area contributed by atoms with Gasteiger partial charge in [0.15, 0.2) is 5.82 Å². The highest BCUT2D eigenvalue weighted by atomic mass is 32.1. The largest absolute Gasteiger partial charge is 0.333 e. The number of amides is 2. The van der Waals surface area contributed by atoms with Crippen molar-refractivity contribution in [1.29, 1.82) is 0 Å². The quantitative estimate of drug-likeness (QED) is 0.726. The van der Waals surface area contributed by atoms with Crippen LogP contribution in [-0.2, 0) is 0 Å². The van der Waals surface area contributed by atoms with E-state index in [9.17, 15) is 4.79 Å². The minimum Gasteiger partial charge on any atom is -0.333 e. The first-order chi connectivity index (χ1) is 11.7. The Morgan fingerprint density at radius 3 is 2.75 bits per heavy atom. The molecule has 0 atom stereocenters. The van der Waals surface area contributed by atoms with Crippen molar-refractivity contribution in [3.05, 3.63) is 47.1 Å². The maximum atomic E-state index is 12.2. The number of carbonyl (C=O) groups excluding carboxylic acids is 1. The van der Waals surface area contributed by atoms with Gasteiger partial charge in [0.25, 0.3) is 5.89 Å². The number of nitrogens with zero attached hydrogens (tertiary/aromatic N) is 2. The lowest BCUT2D eigenvalue weighted by Gasteiger charge is -2.07. The molecule has 0 radical (unpaired) electrons. The van der Waals surface area contributed by atoms with Crippen molar-refractivity contribution >= 4 is 28.7 Å². The zero-order valence-corrected chi connectivity index (χ0v) is 13.9. The van der Waals surface area contributed by atoms with E-state index in [1.165, 1.54) is 11.3 Å². The third-order valence-corrected chi connectivity index (χ3v) is 4.70. The Bertz CT molecular complexity index is 865. The summed E-state index contributed by atoms with van der Waals surface area (Å²) < 4.78 is 5.34. The van der Waals surface area contributed by atoms with Crippen LogP contribution >= 0.6 is 11.3 Å². The number of hydrogen-bond donors (Lipinski definition) is 2. The standard InChI is InChI=1S/C17H16N4O2S/c1-10-2-6-12(7-3-10)18-17(22)19-13-8-9-24-14(13)16-20-15(21-23-16)11-4-5-11/h2-3,6-9,11H,4-5H2,1H3,(H2,18,19,22). The second-order valence-electron chi connectivity index (χ2n) is 5.84. The molecule has 0 bridgehead atoms. The summed E-state index contributed by atoms with van der Waals surface area (Å²) >= 11 is 1.46. The molecule has 6 nitrogen and oxygen atoms in total. The van der Waals surface area contributed by atoms with E-state index in [1.807, 2.05) is 42.6 Å². The first-order valence-electron chi connectivity index (χ1n) is 7.75. The summed E-state index contributed by atoms with van der Waals surface area (Å²) in [6.07, 6.45) is 2.24. The smallest absolute Gasteiger partial charge is 0.323 e. The van der Waals surface area contributed by atoms with Crippen LogP contribution in [0.25, 0.3) is 10.8 Å². The van der Waals surface area contributed by atoms with Crippen molar-refractivity contribution in [1.82, 2.24) is 10.1 Å². The summed E-state index contributed by atoms with van der Waals surface area (Å²) in [7, 11) is 0. The molecule has 1 fully saturated rings. The summed E-state index contributed by atoms with van der Waals surface area (Å²) in [6.45, 7) is 2.00. The number of carbonyl (C=O) groups is 1. The number of thiophene rings is 1. The molecule has 0 saturated heterocycles. The van der Waals surface area contributed by atoms with Crippen molar-refractivity contribution in [3.63, 3.8) is 0 Å². The number of benzene rings is 1. The normalized spacial score (nSPS) is 13.7. The van der Waals surface area contributed by atoms with E-state index in [1.54, 1.807) is 0 Å². The monoisotopic (exact) mass is 340 g/mol. The van der Waals surface area contributed by atoms with Crippen LogP contribution in [0.1, 0.15) is 30.1 Å². The zero-order valence-electron chi connectivity index (χ0n) is 13.1. The fraction of sp³-hybridized carbons (Fsp3) is 0.235. The number of aryl methyl sites for hydroxylation is 1. The Morgan fingerprint density at radius 2 is 2.00 bits per heavy atom. The molecule has 2 heterocycles. The SMILES string of the molecule is Cc1ccc(NC(=O)Nc2ccsc2-c2nc(C3CC3)no2)cc1. The van der Waals surface area contributed by atoms with Gasteiger partial charge in [0, 0.05) is 11.6 Å². The lowest BCUT2D eigenvalue weighted by atomic mass is 10.2. The van der Waals surface area contributed by atoms with Crippen LogP contribution in [0.3, 0.4) is 0 Å². The summed E-state index contributed by atoms with van der Waals surface area (Å²) in [5, 5.41) is 11.6. The highest BCUT2D eigenvalue weighted by molar-refractivity contribution is 7.14. The van der Waals surface area contributed by atoms with Crippen LogP contribution < -0.4 is 10.6 Å². The minimum atomic E-state index is -0.305. The average molecular weight is 340 g/mol. The van der Waals surface area contributed by atoms with Gasteiger partial charge in [0.1, 0.15) is 4.88 Å². The third kappa shape index (κ3) is 3.16. The number of rotatable bonds is 4. The van der Waals surface area contributed by atoms with E-state index in [0.29, 0.717) is 17.5 Å². The van der Waals surface area contributed by atoms with Gasteiger partial charge in [-0.3, -0.25) is 0 Å². The first kappa shape index (κ1) is 14.9. The summed E-state index contributed by atoms with van der Waals surface area (Å²) in [5.74, 6) is 1.65. The molecule has 24 heavy (non-hydrogen) atoms. The second-order valence-corrected chi connectivity index (χ2v) is 6.76. The molecule has 1 aromatic carbocycles. The highest BCUT2D eigenvalue weighted by Crippen LogP contribution is 2.40. The molecule has 1 saturated carbocycles. The van der Waals surface area contributed by atoms with Gasteiger partial charge in [-0.25, -0.2) is 4.79 Å². The van der Waals surface area contributed by atoms with E-state index >= 15 is 0 Å². The maximum Gasteiger partial charge on any atom is 0.323 e.